The van der Waals surface area contributed by atoms with E-state index in [1.807, 2.05) is 0 Å². The number of hydrogen-bond acceptors (Lipinski definition) is 3. The number of nitrogens with one attached hydrogen (secondary N) is 1. The Bertz CT molecular complexity index is 193. The fourth-order valence-corrected chi connectivity index (χ4v) is 0.955. The number of carbonyl (C=O) groups is 1. The first-order chi connectivity index (χ1) is 5.16. The van der Waals surface area contributed by atoms with Gasteiger partial charge in [-0.15, -0.1) is 0 Å². The lowest BCUT2D eigenvalue weighted by Crippen LogP contribution is -2.34. The lowest BCUT2D eigenvalue weighted by atomic mass is 10.00. The van der Waals surface area contributed by atoms with Gasteiger partial charge in [-0.05, 0) is 0 Å². The number of nitrogens with zero attached hydrogens (tertiary/aromatic N) is 1. The molecule has 3 nitrogen and oxygen atoms in total. The van der Waals surface area contributed by atoms with Crippen molar-refractivity contribution >= 4 is 12.0 Å². The van der Waals surface area contributed by atoms with Gasteiger partial charge in [0.15, 0.2) is 6.29 Å². The largest absolute Gasteiger partial charge is 0.300 e. The topological polar surface area (TPSA) is 41.5 Å². The molecule has 0 radical (unpaired) electrons. The maximum Gasteiger partial charge on any atom is 0.260 e. The van der Waals surface area contributed by atoms with E-state index in [9.17, 15) is 13.6 Å². The Kier molecular flexibility index (Phi) is 2.16. The number of hydrogen-bond donors (Lipinski definition) is 1. The molecule has 0 aromatic heterocycles. The summed E-state index contributed by atoms with van der Waals surface area (Å²) in [5.74, 6) is -0.493. The molecule has 11 heavy (non-hydrogen) atoms. The molecule has 2 atom stereocenters. The van der Waals surface area contributed by atoms with Crippen LogP contribution >= 0.6 is 0 Å². The van der Waals surface area contributed by atoms with E-state index in [0.29, 0.717) is 6.29 Å². The standard InChI is InChI=1S/C6H8F2N2O/c1-3-4(2-11)9-10-5(3)6(7)8/h2-3,5-6,10H,1H3. The van der Waals surface area contributed by atoms with Crippen LogP contribution in [-0.4, -0.2) is 24.5 Å². The highest BCUT2D eigenvalue weighted by Crippen LogP contribution is 2.17. The summed E-state index contributed by atoms with van der Waals surface area (Å²) in [4.78, 5) is 10.2. The van der Waals surface area contributed by atoms with Gasteiger partial charge >= 0.3 is 0 Å². The van der Waals surface area contributed by atoms with E-state index in [4.69, 9.17) is 0 Å². The second-order valence-corrected chi connectivity index (χ2v) is 2.43. The Hall–Kier alpha value is -1.00. The van der Waals surface area contributed by atoms with Crippen LogP contribution in [0.1, 0.15) is 6.92 Å². The number of carbonyl (C=O) groups excluding carboxylic acids is 1. The van der Waals surface area contributed by atoms with Crippen LogP contribution < -0.4 is 5.43 Å². The van der Waals surface area contributed by atoms with Crippen molar-refractivity contribution in [3.05, 3.63) is 0 Å². The van der Waals surface area contributed by atoms with Gasteiger partial charge in [0.25, 0.3) is 6.43 Å². The van der Waals surface area contributed by atoms with Gasteiger partial charge < -0.3 is 5.43 Å². The molecule has 1 aliphatic rings. The Morgan fingerprint density at radius 3 is 2.64 bits per heavy atom. The lowest BCUT2D eigenvalue weighted by molar-refractivity contribution is -0.102. The molecule has 1 heterocycles. The first-order valence-corrected chi connectivity index (χ1v) is 3.23. The fourth-order valence-electron chi connectivity index (χ4n) is 0.955. The van der Waals surface area contributed by atoms with Crippen LogP contribution in [-0.2, 0) is 4.79 Å². The predicted molar refractivity (Wildman–Crippen MR) is 35.6 cm³/mol. The lowest BCUT2D eigenvalue weighted by Gasteiger charge is -2.12. The summed E-state index contributed by atoms with van der Waals surface area (Å²) in [7, 11) is 0. The van der Waals surface area contributed by atoms with Crippen molar-refractivity contribution < 1.29 is 13.6 Å². The molecule has 0 spiro atoms. The molecule has 0 aliphatic carbocycles. The third-order valence-corrected chi connectivity index (χ3v) is 1.74. The molecular formula is C6H8F2N2O. The summed E-state index contributed by atoms with van der Waals surface area (Å²) in [6.45, 7) is 1.55. The van der Waals surface area contributed by atoms with Crippen molar-refractivity contribution in [1.82, 2.24) is 5.43 Å². The minimum atomic E-state index is -2.48. The monoisotopic (exact) mass is 162 g/mol. The summed E-state index contributed by atoms with van der Waals surface area (Å²) >= 11 is 0. The number of hydrazone groups is 1. The van der Waals surface area contributed by atoms with E-state index in [2.05, 4.69) is 10.5 Å². The Morgan fingerprint density at radius 1 is 1.73 bits per heavy atom. The average Bonchev–Trinajstić information content (AvgIpc) is 2.30. The summed E-state index contributed by atoms with van der Waals surface area (Å²) < 4.78 is 24.1. The molecular weight excluding hydrogens is 154 g/mol. The van der Waals surface area contributed by atoms with Gasteiger partial charge in [-0.25, -0.2) is 8.78 Å². The quantitative estimate of drug-likeness (QED) is 0.597. The van der Waals surface area contributed by atoms with E-state index >= 15 is 0 Å². The van der Waals surface area contributed by atoms with Crippen molar-refractivity contribution in [3.63, 3.8) is 0 Å². The number of halogens is 2. The van der Waals surface area contributed by atoms with Crippen molar-refractivity contribution in [2.24, 2.45) is 11.0 Å². The first-order valence-electron chi connectivity index (χ1n) is 3.23. The highest BCUT2D eigenvalue weighted by atomic mass is 19.3. The smallest absolute Gasteiger partial charge is 0.260 e. The van der Waals surface area contributed by atoms with Gasteiger partial charge in [0.2, 0.25) is 0 Å². The van der Waals surface area contributed by atoms with Gasteiger partial charge in [0.1, 0.15) is 11.8 Å². The highest BCUT2D eigenvalue weighted by molar-refractivity contribution is 6.29. The number of aldehydes is 1. The van der Waals surface area contributed by atoms with Crippen LogP contribution in [0.4, 0.5) is 8.78 Å². The van der Waals surface area contributed by atoms with Crippen molar-refractivity contribution in [3.8, 4) is 0 Å². The summed E-state index contributed by atoms with van der Waals surface area (Å²) in [5, 5.41) is 3.46. The minimum absolute atomic E-state index is 0.162. The third kappa shape index (κ3) is 1.36. The highest BCUT2D eigenvalue weighted by Gasteiger charge is 2.33. The molecule has 0 fully saturated rings. The van der Waals surface area contributed by atoms with E-state index in [1.165, 1.54) is 0 Å². The van der Waals surface area contributed by atoms with E-state index < -0.39 is 18.4 Å². The van der Waals surface area contributed by atoms with Gasteiger partial charge in [-0.3, -0.25) is 4.79 Å². The number of rotatable bonds is 2. The number of alkyl halides is 2. The van der Waals surface area contributed by atoms with E-state index in [1.54, 1.807) is 6.92 Å². The molecule has 0 bridgehead atoms. The van der Waals surface area contributed by atoms with Crippen molar-refractivity contribution in [1.29, 1.82) is 0 Å². The molecule has 62 valence electrons. The second-order valence-electron chi connectivity index (χ2n) is 2.43. The van der Waals surface area contributed by atoms with Crippen LogP contribution in [0.15, 0.2) is 5.10 Å². The van der Waals surface area contributed by atoms with Gasteiger partial charge in [-0.1, -0.05) is 6.92 Å². The van der Waals surface area contributed by atoms with Crippen molar-refractivity contribution in [2.45, 2.75) is 19.4 Å². The van der Waals surface area contributed by atoms with E-state index in [0.717, 1.165) is 0 Å². The van der Waals surface area contributed by atoms with Gasteiger partial charge in [0, 0.05) is 5.92 Å². The molecule has 1 rings (SSSR count). The average molecular weight is 162 g/mol. The SMILES string of the molecule is CC1C(C=O)=NNC1C(F)F. The molecule has 1 aliphatic heterocycles. The molecule has 2 unspecified atom stereocenters. The molecule has 0 saturated heterocycles. The van der Waals surface area contributed by atoms with Gasteiger partial charge in [-0.2, -0.15) is 5.10 Å². The zero-order valence-corrected chi connectivity index (χ0v) is 5.92. The maximum absolute atomic E-state index is 12.0. The molecule has 0 aromatic carbocycles. The van der Waals surface area contributed by atoms with Crippen LogP contribution in [0.3, 0.4) is 0 Å². The van der Waals surface area contributed by atoms with Crippen molar-refractivity contribution in [2.75, 3.05) is 0 Å². The third-order valence-electron chi connectivity index (χ3n) is 1.74. The normalized spacial score (nSPS) is 30.0. The molecule has 0 aromatic rings. The summed E-state index contributed by atoms with van der Waals surface area (Å²) in [6, 6.07) is -1.00. The van der Waals surface area contributed by atoms with Crippen LogP contribution in [0.25, 0.3) is 0 Å². The molecule has 0 saturated carbocycles. The second kappa shape index (κ2) is 2.94. The van der Waals surface area contributed by atoms with Crippen LogP contribution in [0, 0.1) is 5.92 Å². The van der Waals surface area contributed by atoms with Crippen LogP contribution in [0.5, 0.6) is 0 Å². The minimum Gasteiger partial charge on any atom is -0.300 e. The van der Waals surface area contributed by atoms with Gasteiger partial charge in [0.05, 0.1) is 0 Å². The fraction of sp³-hybridized carbons (Fsp3) is 0.667. The Morgan fingerprint density at radius 2 is 2.36 bits per heavy atom. The molecule has 0 amide bonds. The van der Waals surface area contributed by atoms with Crippen LogP contribution in [0.2, 0.25) is 0 Å². The Balaban J connectivity index is 2.63. The maximum atomic E-state index is 12.0. The zero-order chi connectivity index (χ0) is 8.43. The molecule has 5 heteroatoms. The summed E-state index contributed by atoms with van der Waals surface area (Å²) in [5.41, 5.74) is 2.38. The summed E-state index contributed by atoms with van der Waals surface area (Å²) in [6.07, 6.45) is -1.98. The Labute approximate surface area is 62.5 Å². The predicted octanol–water partition coefficient (Wildman–Crippen LogP) is 0.414. The van der Waals surface area contributed by atoms with E-state index in [-0.39, 0.29) is 5.71 Å². The zero-order valence-electron chi connectivity index (χ0n) is 5.92. The first kappa shape index (κ1) is 8.10. The molecule has 1 N–H and O–H groups in total.